The number of carbonyl (C=O) groups excluding carboxylic acids is 2. The summed E-state index contributed by atoms with van der Waals surface area (Å²) in [6.07, 6.45) is 1.68. The van der Waals surface area contributed by atoms with E-state index in [0.29, 0.717) is 21.8 Å². The smallest absolute Gasteiger partial charge is 0.293 e. The quantitative estimate of drug-likeness (QED) is 0.377. The van der Waals surface area contributed by atoms with Crippen LogP contribution in [-0.2, 0) is 17.9 Å². The van der Waals surface area contributed by atoms with Gasteiger partial charge in [0.15, 0.2) is 0 Å². The zero-order valence-corrected chi connectivity index (χ0v) is 19.2. The predicted molar refractivity (Wildman–Crippen MR) is 128 cm³/mol. The van der Waals surface area contributed by atoms with Crippen molar-refractivity contribution in [3.63, 3.8) is 0 Å². The van der Waals surface area contributed by atoms with Crippen LogP contribution in [0.15, 0.2) is 82.2 Å². The maximum atomic E-state index is 12.9. The summed E-state index contributed by atoms with van der Waals surface area (Å²) in [5.41, 5.74) is 2.89. The van der Waals surface area contributed by atoms with Crippen LogP contribution in [0.3, 0.4) is 0 Å². The first-order valence-electron chi connectivity index (χ1n) is 9.75. The number of imide groups is 1. The average molecular weight is 505 g/mol. The van der Waals surface area contributed by atoms with Crippen molar-refractivity contribution in [3.05, 3.63) is 104 Å². The van der Waals surface area contributed by atoms with Crippen molar-refractivity contribution >= 4 is 44.9 Å². The Kier molecular flexibility index (Phi) is 6.74. The molecule has 0 N–H and O–H groups in total. The minimum Gasteiger partial charge on any atom is -0.488 e. The monoisotopic (exact) mass is 504 g/mol. The molecule has 7 heteroatoms. The Hall–Kier alpha value is -3.34. The van der Waals surface area contributed by atoms with Gasteiger partial charge in [-0.2, -0.15) is 5.26 Å². The van der Waals surface area contributed by atoms with E-state index in [1.807, 2.05) is 54.6 Å². The van der Waals surface area contributed by atoms with Crippen LogP contribution in [0.5, 0.6) is 5.75 Å². The van der Waals surface area contributed by atoms with Crippen LogP contribution in [-0.4, -0.2) is 16.0 Å². The molecule has 0 aliphatic carbocycles. The highest BCUT2D eigenvalue weighted by molar-refractivity contribution is 9.10. The van der Waals surface area contributed by atoms with Gasteiger partial charge in [0.25, 0.3) is 11.1 Å². The molecule has 4 rings (SSSR count). The Morgan fingerprint density at radius 1 is 1.00 bits per heavy atom. The molecule has 1 fully saturated rings. The molecule has 0 unspecified atom stereocenters. The standard InChI is InChI=1S/C25H17BrN2O3S/c26-21-11-9-17(10-12-21)15-28-24(29)23(32-25(28)30)13-18-5-3-4-8-22(18)31-16-20-7-2-1-6-19(20)14-27/h1-13H,15-16H2/b23-13-. The summed E-state index contributed by atoms with van der Waals surface area (Å²) < 4.78 is 6.89. The van der Waals surface area contributed by atoms with Crippen molar-refractivity contribution in [1.29, 1.82) is 5.26 Å². The lowest BCUT2D eigenvalue weighted by atomic mass is 10.1. The van der Waals surface area contributed by atoms with Gasteiger partial charge in [-0.05, 0) is 47.7 Å². The molecule has 0 saturated carbocycles. The van der Waals surface area contributed by atoms with Crippen LogP contribution in [0, 0.1) is 11.3 Å². The van der Waals surface area contributed by atoms with E-state index in [-0.39, 0.29) is 24.3 Å². The average Bonchev–Trinajstić information content (AvgIpc) is 3.07. The fraction of sp³-hybridized carbons (Fsp3) is 0.0800. The van der Waals surface area contributed by atoms with Crippen LogP contribution >= 0.6 is 27.7 Å². The van der Waals surface area contributed by atoms with Gasteiger partial charge in [-0.15, -0.1) is 0 Å². The molecule has 1 heterocycles. The van der Waals surface area contributed by atoms with Gasteiger partial charge in [0.2, 0.25) is 0 Å². The van der Waals surface area contributed by atoms with E-state index in [2.05, 4.69) is 22.0 Å². The largest absolute Gasteiger partial charge is 0.488 e. The van der Waals surface area contributed by atoms with E-state index in [1.165, 1.54) is 4.90 Å². The Balaban J connectivity index is 1.52. The number of rotatable bonds is 6. The van der Waals surface area contributed by atoms with E-state index in [9.17, 15) is 14.9 Å². The topological polar surface area (TPSA) is 70.4 Å². The molecule has 158 valence electrons. The van der Waals surface area contributed by atoms with Gasteiger partial charge in [0, 0.05) is 15.6 Å². The maximum absolute atomic E-state index is 12.9. The van der Waals surface area contributed by atoms with Crippen molar-refractivity contribution < 1.29 is 14.3 Å². The number of amides is 2. The Bertz CT molecular complexity index is 1250. The summed E-state index contributed by atoms with van der Waals surface area (Å²) in [4.78, 5) is 27.0. The summed E-state index contributed by atoms with van der Waals surface area (Å²) >= 11 is 4.30. The number of para-hydroxylation sites is 1. The van der Waals surface area contributed by atoms with Crippen LogP contribution in [0.25, 0.3) is 6.08 Å². The minimum atomic E-state index is -0.326. The first-order valence-corrected chi connectivity index (χ1v) is 11.4. The summed E-state index contributed by atoms with van der Waals surface area (Å²) in [5, 5.41) is 8.96. The first-order chi connectivity index (χ1) is 15.5. The number of thioether (sulfide) groups is 1. The molecular formula is C25H17BrN2O3S. The Morgan fingerprint density at radius 2 is 1.72 bits per heavy atom. The molecule has 1 aliphatic heterocycles. The Labute approximate surface area is 198 Å². The zero-order valence-electron chi connectivity index (χ0n) is 16.8. The number of nitriles is 1. The lowest BCUT2D eigenvalue weighted by molar-refractivity contribution is -0.123. The highest BCUT2D eigenvalue weighted by Crippen LogP contribution is 2.35. The number of hydrogen-bond donors (Lipinski definition) is 0. The molecule has 1 saturated heterocycles. The highest BCUT2D eigenvalue weighted by Gasteiger charge is 2.35. The number of carbonyl (C=O) groups is 2. The third-order valence-corrected chi connectivity index (χ3v) is 6.29. The van der Waals surface area contributed by atoms with Crippen LogP contribution in [0.1, 0.15) is 22.3 Å². The SMILES string of the molecule is N#Cc1ccccc1COc1ccccc1/C=C1\SC(=O)N(Cc2ccc(Br)cc2)C1=O. The normalized spacial score (nSPS) is 14.6. The molecule has 0 atom stereocenters. The molecule has 0 bridgehead atoms. The van der Waals surface area contributed by atoms with E-state index < -0.39 is 0 Å². The minimum absolute atomic E-state index is 0.221. The second-order valence-electron chi connectivity index (χ2n) is 6.99. The summed E-state index contributed by atoms with van der Waals surface area (Å²) in [5.74, 6) is 0.243. The second-order valence-corrected chi connectivity index (χ2v) is 8.90. The van der Waals surface area contributed by atoms with Gasteiger partial charge >= 0.3 is 0 Å². The Morgan fingerprint density at radius 3 is 2.50 bits per heavy atom. The van der Waals surface area contributed by atoms with Crippen LogP contribution in [0.2, 0.25) is 0 Å². The second kappa shape index (κ2) is 9.86. The van der Waals surface area contributed by atoms with Gasteiger partial charge < -0.3 is 4.74 Å². The van der Waals surface area contributed by atoms with Crippen molar-refractivity contribution in [2.75, 3.05) is 0 Å². The molecule has 1 aliphatic rings. The molecule has 0 aromatic heterocycles. The van der Waals surface area contributed by atoms with Gasteiger partial charge in [-0.1, -0.05) is 64.5 Å². The van der Waals surface area contributed by atoms with Gasteiger partial charge in [0.05, 0.1) is 23.1 Å². The van der Waals surface area contributed by atoms with Gasteiger partial charge in [-0.3, -0.25) is 14.5 Å². The summed E-state index contributed by atoms with van der Waals surface area (Å²) in [6, 6.07) is 24.2. The molecule has 32 heavy (non-hydrogen) atoms. The lowest BCUT2D eigenvalue weighted by Gasteiger charge is -2.12. The number of benzene rings is 3. The summed E-state index contributed by atoms with van der Waals surface area (Å²) in [7, 11) is 0. The van der Waals surface area contributed by atoms with E-state index >= 15 is 0 Å². The first kappa shape index (κ1) is 21.9. The van der Waals surface area contributed by atoms with Crippen LogP contribution in [0.4, 0.5) is 4.79 Å². The molecule has 5 nitrogen and oxygen atoms in total. The van der Waals surface area contributed by atoms with Crippen molar-refractivity contribution in [2.24, 2.45) is 0 Å². The number of hydrogen-bond acceptors (Lipinski definition) is 5. The number of nitrogens with zero attached hydrogens (tertiary/aromatic N) is 2. The predicted octanol–water partition coefficient (Wildman–Crippen LogP) is 6.14. The summed E-state index contributed by atoms with van der Waals surface area (Å²) in [6.45, 7) is 0.442. The van der Waals surface area contributed by atoms with Crippen LogP contribution < -0.4 is 4.74 Å². The third kappa shape index (κ3) is 4.93. The fourth-order valence-corrected chi connectivity index (χ4v) is 4.29. The van der Waals surface area contributed by atoms with Crippen molar-refractivity contribution in [1.82, 2.24) is 4.90 Å². The molecule has 0 spiro atoms. The molecule has 2 amide bonds. The number of ether oxygens (including phenoxy) is 1. The maximum Gasteiger partial charge on any atom is 0.293 e. The molecule has 0 radical (unpaired) electrons. The van der Waals surface area contributed by atoms with Crippen molar-refractivity contribution in [2.45, 2.75) is 13.2 Å². The number of halogens is 1. The molecular weight excluding hydrogens is 488 g/mol. The lowest BCUT2D eigenvalue weighted by Crippen LogP contribution is -2.27. The van der Waals surface area contributed by atoms with E-state index in [0.717, 1.165) is 27.4 Å². The van der Waals surface area contributed by atoms with Gasteiger partial charge in [-0.25, -0.2) is 0 Å². The van der Waals surface area contributed by atoms with E-state index in [1.54, 1.807) is 24.3 Å². The highest BCUT2D eigenvalue weighted by atomic mass is 79.9. The van der Waals surface area contributed by atoms with Crippen molar-refractivity contribution in [3.8, 4) is 11.8 Å². The third-order valence-electron chi connectivity index (χ3n) is 4.85. The fourth-order valence-electron chi connectivity index (χ4n) is 3.19. The zero-order chi connectivity index (χ0) is 22.5. The van der Waals surface area contributed by atoms with E-state index in [4.69, 9.17) is 4.74 Å². The molecule has 3 aromatic carbocycles. The molecule has 3 aromatic rings. The van der Waals surface area contributed by atoms with Gasteiger partial charge in [0.1, 0.15) is 12.4 Å².